The average Bonchev–Trinajstić information content (AvgIpc) is 3.04. The fraction of sp³-hybridized carbons (Fsp3) is 0.438. The first-order valence-electron chi connectivity index (χ1n) is 7.47. The zero-order valence-electron chi connectivity index (χ0n) is 15.2. The summed E-state index contributed by atoms with van der Waals surface area (Å²) >= 11 is 1.38. The minimum atomic E-state index is -0.618. The largest absolute Gasteiger partial charge is 1.00 e. The van der Waals surface area contributed by atoms with Crippen LogP contribution in [-0.4, -0.2) is 44.5 Å². The van der Waals surface area contributed by atoms with Crippen LogP contribution in [0.4, 0.5) is 0 Å². The fourth-order valence-corrected chi connectivity index (χ4v) is 2.59. The Morgan fingerprint density at radius 1 is 1.38 bits per heavy atom. The molecule has 24 heavy (non-hydrogen) atoms. The van der Waals surface area contributed by atoms with Crippen molar-refractivity contribution in [3.8, 4) is 5.75 Å². The van der Waals surface area contributed by atoms with E-state index < -0.39 is 6.10 Å². The van der Waals surface area contributed by atoms with Gasteiger partial charge in [0.15, 0.2) is 10.9 Å². The second-order valence-electron chi connectivity index (χ2n) is 5.61. The van der Waals surface area contributed by atoms with Crippen LogP contribution >= 0.6 is 11.8 Å². The summed E-state index contributed by atoms with van der Waals surface area (Å²) in [6, 6.07) is 7.03. The van der Waals surface area contributed by atoms with Crippen LogP contribution in [0, 0.1) is 5.92 Å². The van der Waals surface area contributed by atoms with Gasteiger partial charge in [-0.1, -0.05) is 25.6 Å². The second kappa shape index (κ2) is 10.9. The molecule has 0 aliphatic carbocycles. The summed E-state index contributed by atoms with van der Waals surface area (Å²) in [6.45, 7) is 4.22. The summed E-state index contributed by atoms with van der Waals surface area (Å²) < 4.78 is 5.53. The second-order valence-corrected chi connectivity index (χ2v) is 6.62. The maximum atomic E-state index is 11.9. The summed E-state index contributed by atoms with van der Waals surface area (Å²) in [5, 5.41) is 17.0. The Bertz CT molecular complexity index is 612. The van der Waals surface area contributed by atoms with Crippen LogP contribution in [0.15, 0.2) is 35.7 Å². The van der Waals surface area contributed by atoms with Gasteiger partial charge in [-0.2, -0.15) is 5.10 Å². The molecule has 0 saturated carbocycles. The van der Waals surface area contributed by atoms with Crippen LogP contribution in [0.2, 0.25) is 0 Å². The zero-order valence-corrected chi connectivity index (χ0v) is 17.0. The number of hydrogen-bond acceptors (Lipinski definition) is 6. The number of aliphatic hydroxyl groups is 1. The Kier molecular flexibility index (Phi) is 9.61. The molecule has 0 saturated heterocycles. The number of Topliss-reactive ketones (excluding diaryl/α,β-unsaturated/α-hetero) is 1. The molecule has 0 spiro atoms. The van der Waals surface area contributed by atoms with E-state index in [4.69, 9.17) is 4.74 Å². The molecule has 0 fully saturated rings. The average molecular weight is 359 g/mol. The van der Waals surface area contributed by atoms with Crippen LogP contribution < -0.4 is 34.3 Å². The van der Waals surface area contributed by atoms with E-state index in [1.54, 1.807) is 24.3 Å². The predicted octanol–water partition coefficient (Wildman–Crippen LogP) is -0.318. The van der Waals surface area contributed by atoms with Crippen molar-refractivity contribution in [2.45, 2.75) is 31.5 Å². The predicted molar refractivity (Wildman–Crippen MR) is 89.9 cm³/mol. The molecule has 8 heteroatoms. The van der Waals surface area contributed by atoms with Crippen LogP contribution in [0.3, 0.4) is 0 Å². The van der Waals surface area contributed by atoms with Crippen LogP contribution in [0.1, 0.15) is 32.1 Å². The Morgan fingerprint density at radius 3 is 2.67 bits per heavy atom. The number of aliphatic hydroxyl groups excluding tert-OH is 1. The molecule has 126 valence electrons. The first-order valence-corrected chi connectivity index (χ1v) is 8.45. The van der Waals surface area contributed by atoms with Gasteiger partial charge in [-0.05, 0) is 30.2 Å². The van der Waals surface area contributed by atoms with Crippen molar-refractivity contribution in [3.63, 3.8) is 0 Å². The number of thioether (sulfide) groups is 1. The van der Waals surface area contributed by atoms with E-state index in [1.807, 2.05) is 13.8 Å². The van der Waals surface area contributed by atoms with Crippen molar-refractivity contribution in [1.82, 2.24) is 15.2 Å². The molecule has 0 aliphatic heterocycles. The van der Waals surface area contributed by atoms with Gasteiger partial charge in [0.2, 0.25) is 0 Å². The fourth-order valence-electron chi connectivity index (χ4n) is 1.91. The van der Waals surface area contributed by atoms with Gasteiger partial charge in [-0.15, -0.1) is 0 Å². The van der Waals surface area contributed by atoms with E-state index in [0.29, 0.717) is 34.6 Å². The minimum absolute atomic E-state index is 0. The van der Waals surface area contributed by atoms with Crippen molar-refractivity contribution in [3.05, 3.63) is 36.2 Å². The third kappa shape index (κ3) is 7.36. The topological polar surface area (TPSA) is 88.1 Å². The summed E-state index contributed by atoms with van der Waals surface area (Å²) in [4.78, 5) is 15.9. The summed E-state index contributed by atoms with van der Waals surface area (Å²) in [7, 11) is 0. The standard InChI is InChI=1S/C16H21N3O3S.Na.H/c1-11(2)7-15(21)12-3-5-14(6-4-12)22-8-13(20)9-23-16-17-10-18-19-16;;/h3-6,10-11,13,20H,7-9H2,1-2H3,(H,17,18,19);;/q;+1;-1. The van der Waals surface area contributed by atoms with Gasteiger partial charge in [0.1, 0.15) is 18.7 Å². The number of aromatic nitrogens is 3. The molecule has 2 N–H and O–H groups in total. The Labute approximate surface area is 169 Å². The van der Waals surface area contributed by atoms with Gasteiger partial charge in [0.25, 0.3) is 0 Å². The number of carbonyl (C=O) groups excluding carboxylic acids is 1. The van der Waals surface area contributed by atoms with E-state index in [2.05, 4.69) is 15.2 Å². The first-order chi connectivity index (χ1) is 11.0. The van der Waals surface area contributed by atoms with Crippen molar-refractivity contribution >= 4 is 17.5 Å². The SMILES string of the molecule is CC(C)CC(=O)c1ccc(OCC(O)CSc2ncn[nH]2)cc1.[H-].[Na+]. The van der Waals surface area contributed by atoms with Crippen molar-refractivity contribution in [2.75, 3.05) is 12.4 Å². The summed E-state index contributed by atoms with van der Waals surface area (Å²) in [6.07, 6.45) is 1.35. The smallest absolute Gasteiger partial charge is 1.00 e. The van der Waals surface area contributed by atoms with E-state index in [9.17, 15) is 9.90 Å². The molecule has 2 aromatic rings. The number of nitrogens with zero attached hydrogens (tertiary/aromatic N) is 2. The molecule has 0 bridgehead atoms. The number of hydrogen-bond donors (Lipinski definition) is 2. The number of nitrogens with one attached hydrogen (secondary N) is 1. The van der Waals surface area contributed by atoms with Gasteiger partial charge >= 0.3 is 29.6 Å². The van der Waals surface area contributed by atoms with E-state index in [-0.39, 0.29) is 43.4 Å². The molecule has 1 aromatic carbocycles. The number of rotatable bonds is 9. The van der Waals surface area contributed by atoms with Crippen molar-refractivity contribution in [1.29, 1.82) is 0 Å². The normalized spacial score (nSPS) is 11.8. The molecule has 6 nitrogen and oxygen atoms in total. The number of H-pyrrole nitrogens is 1. The van der Waals surface area contributed by atoms with E-state index in [0.717, 1.165) is 0 Å². The quantitative estimate of drug-likeness (QED) is 0.363. The van der Waals surface area contributed by atoms with Crippen LogP contribution in [0.25, 0.3) is 0 Å². The minimum Gasteiger partial charge on any atom is -1.00 e. The Hall–Kier alpha value is -0.860. The number of ketones is 1. The number of benzene rings is 1. The molecule has 0 amide bonds. The van der Waals surface area contributed by atoms with E-state index in [1.165, 1.54) is 18.1 Å². The number of ether oxygens (including phenoxy) is 1. The third-order valence-corrected chi connectivity index (χ3v) is 4.04. The molecule has 1 unspecified atom stereocenters. The van der Waals surface area contributed by atoms with Crippen molar-refractivity contribution in [2.24, 2.45) is 5.92 Å². The maximum Gasteiger partial charge on any atom is 1.00 e. The summed E-state index contributed by atoms with van der Waals surface area (Å²) in [5.41, 5.74) is 0.687. The van der Waals surface area contributed by atoms with Crippen LogP contribution in [0.5, 0.6) is 5.75 Å². The molecular formula is C16H22N3NaO3S. The zero-order chi connectivity index (χ0) is 16.7. The maximum absolute atomic E-state index is 11.9. The van der Waals surface area contributed by atoms with Crippen LogP contribution in [-0.2, 0) is 0 Å². The number of aromatic amines is 1. The molecular weight excluding hydrogens is 337 g/mol. The molecule has 2 rings (SSSR count). The molecule has 0 aliphatic rings. The van der Waals surface area contributed by atoms with Gasteiger partial charge in [0.05, 0.1) is 6.10 Å². The van der Waals surface area contributed by atoms with Gasteiger partial charge < -0.3 is 11.3 Å². The molecule has 1 aromatic heterocycles. The van der Waals surface area contributed by atoms with Gasteiger partial charge in [-0.3, -0.25) is 9.89 Å². The number of carbonyl (C=O) groups is 1. The monoisotopic (exact) mass is 359 g/mol. The third-order valence-electron chi connectivity index (χ3n) is 3.02. The first kappa shape index (κ1) is 21.2. The van der Waals surface area contributed by atoms with Gasteiger partial charge in [-0.25, -0.2) is 4.98 Å². The Balaban J connectivity index is 0.00000288. The Morgan fingerprint density at radius 2 is 2.08 bits per heavy atom. The van der Waals surface area contributed by atoms with E-state index >= 15 is 0 Å². The van der Waals surface area contributed by atoms with Gasteiger partial charge in [0, 0.05) is 17.7 Å². The summed E-state index contributed by atoms with van der Waals surface area (Å²) in [5.74, 6) is 1.57. The van der Waals surface area contributed by atoms with Crippen molar-refractivity contribution < 1.29 is 45.6 Å². The molecule has 0 radical (unpaired) electrons. The molecule has 1 atom stereocenters. The molecule has 1 heterocycles.